The number of nitro benzene ring substituents is 1. The van der Waals surface area contributed by atoms with Crippen molar-refractivity contribution in [1.29, 1.82) is 0 Å². The Morgan fingerprint density at radius 2 is 1.95 bits per heavy atom. The monoisotopic (exact) mass is 578 g/mol. The smallest absolute Gasteiger partial charge is 0.271 e. The predicted molar refractivity (Wildman–Crippen MR) is 158 cm³/mol. The van der Waals surface area contributed by atoms with Gasteiger partial charge in [0.05, 0.1) is 40.2 Å². The number of halogens is 1. The number of phenols is 1. The number of carbonyl (C=O) groups is 2. The molecule has 9 heteroatoms. The molecule has 0 saturated carbocycles. The van der Waals surface area contributed by atoms with Crippen LogP contribution in [0.4, 0.5) is 11.4 Å². The lowest BCUT2D eigenvalue weighted by Crippen LogP contribution is -2.35. The number of imide groups is 1. The molecule has 2 amide bonds. The molecule has 0 radical (unpaired) electrons. The standard InChI is InChI=1S/C32H35ClN2O6/c1-4-6-19(13-20-10-11-23(36)15-27(20)33)9-12-28-29-24(18(2)3)16-25-30(26(29)17-41-28)32(38)34(31(25)37)21-7-5-8-22(14-21)35(39)40/h5,7-8,10-11,13-15,18,25-26,28,30,36H,4,6,9,12,16-17H2,1-3H3/b19-13+/t25-,26+,28-,30-/m1/s1. The lowest BCUT2D eigenvalue weighted by molar-refractivity contribution is -0.384. The molecule has 2 saturated heterocycles. The molecule has 2 aromatic carbocycles. The molecule has 41 heavy (non-hydrogen) atoms. The minimum atomic E-state index is -0.536. The van der Waals surface area contributed by atoms with Gasteiger partial charge in [-0.15, -0.1) is 0 Å². The van der Waals surface area contributed by atoms with Gasteiger partial charge in [0, 0.05) is 18.1 Å². The summed E-state index contributed by atoms with van der Waals surface area (Å²) in [6.45, 7) is 6.73. The molecular weight excluding hydrogens is 544 g/mol. The van der Waals surface area contributed by atoms with Crippen LogP contribution in [0.5, 0.6) is 5.75 Å². The topological polar surface area (TPSA) is 110 Å². The number of rotatable bonds is 9. The molecule has 216 valence electrons. The van der Waals surface area contributed by atoms with E-state index < -0.39 is 16.8 Å². The zero-order valence-corrected chi connectivity index (χ0v) is 24.3. The molecule has 0 aromatic heterocycles. The summed E-state index contributed by atoms with van der Waals surface area (Å²) in [4.78, 5) is 39.4. The van der Waals surface area contributed by atoms with Crippen LogP contribution in [-0.4, -0.2) is 34.6 Å². The number of nitrogens with zero attached hydrogens (tertiary/aromatic N) is 2. The first-order chi connectivity index (χ1) is 19.6. The fourth-order valence-corrected chi connectivity index (χ4v) is 6.95. The highest BCUT2D eigenvalue weighted by Crippen LogP contribution is 2.52. The van der Waals surface area contributed by atoms with Crippen molar-refractivity contribution in [3.05, 3.63) is 79.9 Å². The lowest BCUT2D eigenvalue weighted by Gasteiger charge is -2.33. The first-order valence-corrected chi connectivity index (χ1v) is 14.6. The van der Waals surface area contributed by atoms with Crippen LogP contribution in [0.3, 0.4) is 0 Å². The quantitative estimate of drug-likeness (QED) is 0.147. The molecule has 4 atom stereocenters. The Kier molecular flexibility index (Phi) is 8.34. The number of non-ortho nitro benzene ring substituents is 1. The molecule has 8 nitrogen and oxygen atoms in total. The molecule has 2 fully saturated rings. The van der Waals surface area contributed by atoms with Crippen molar-refractivity contribution in [2.75, 3.05) is 11.5 Å². The van der Waals surface area contributed by atoms with Crippen LogP contribution in [0, 0.1) is 33.8 Å². The average molecular weight is 579 g/mol. The van der Waals surface area contributed by atoms with E-state index in [0.29, 0.717) is 18.1 Å². The van der Waals surface area contributed by atoms with Crippen LogP contribution >= 0.6 is 11.6 Å². The number of fused-ring (bicyclic) bond motifs is 3. The second-order valence-corrected chi connectivity index (χ2v) is 11.9. The minimum Gasteiger partial charge on any atom is -0.508 e. The summed E-state index contributed by atoms with van der Waals surface area (Å²) in [5.41, 5.74) is 4.51. The highest BCUT2D eigenvalue weighted by Gasteiger charge is 2.57. The second-order valence-electron chi connectivity index (χ2n) is 11.5. The largest absolute Gasteiger partial charge is 0.508 e. The fraction of sp³-hybridized carbons (Fsp3) is 0.438. The molecule has 0 spiro atoms. The van der Waals surface area contributed by atoms with Gasteiger partial charge in [-0.2, -0.15) is 0 Å². The van der Waals surface area contributed by atoms with E-state index in [2.05, 4.69) is 26.8 Å². The maximum Gasteiger partial charge on any atom is 0.271 e. The number of carbonyl (C=O) groups excluding carboxylic acids is 2. The van der Waals surface area contributed by atoms with Gasteiger partial charge in [-0.25, -0.2) is 4.90 Å². The average Bonchev–Trinajstić information content (AvgIpc) is 3.46. The van der Waals surface area contributed by atoms with E-state index in [4.69, 9.17) is 16.3 Å². The Morgan fingerprint density at radius 1 is 1.17 bits per heavy atom. The van der Waals surface area contributed by atoms with Crippen molar-refractivity contribution in [2.45, 2.75) is 59.0 Å². The van der Waals surface area contributed by atoms with Gasteiger partial charge >= 0.3 is 0 Å². The van der Waals surface area contributed by atoms with Crippen molar-refractivity contribution >= 4 is 40.9 Å². The van der Waals surface area contributed by atoms with Crippen molar-refractivity contribution in [2.24, 2.45) is 23.7 Å². The molecule has 1 N–H and O–H groups in total. The van der Waals surface area contributed by atoms with Gasteiger partial charge < -0.3 is 9.84 Å². The van der Waals surface area contributed by atoms with Crippen molar-refractivity contribution in [1.82, 2.24) is 0 Å². The highest BCUT2D eigenvalue weighted by atomic mass is 35.5. The van der Waals surface area contributed by atoms with E-state index in [1.54, 1.807) is 12.1 Å². The van der Waals surface area contributed by atoms with Gasteiger partial charge in [0.25, 0.3) is 5.69 Å². The molecule has 0 unspecified atom stereocenters. The van der Waals surface area contributed by atoms with Crippen molar-refractivity contribution < 1.29 is 24.4 Å². The van der Waals surface area contributed by atoms with Crippen LogP contribution in [0.2, 0.25) is 5.02 Å². The number of anilines is 1. The number of benzene rings is 2. The maximum absolute atomic E-state index is 13.8. The van der Waals surface area contributed by atoms with Gasteiger partial charge in [-0.3, -0.25) is 19.7 Å². The van der Waals surface area contributed by atoms with Gasteiger partial charge in [0.1, 0.15) is 5.75 Å². The number of ether oxygens (including phenoxy) is 1. The number of phenolic OH excluding ortho intramolecular Hbond substituents is 1. The summed E-state index contributed by atoms with van der Waals surface area (Å²) in [5.74, 6) is -1.51. The Balaban J connectivity index is 1.41. The van der Waals surface area contributed by atoms with Crippen LogP contribution in [0.1, 0.15) is 58.4 Å². The Morgan fingerprint density at radius 3 is 2.63 bits per heavy atom. The summed E-state index contributed by atoms with van der Waals surface area (Å²) >= 11 is 6.37. The first-order valence-electron chi connectivity index (χ1n) is 14.2. The summed E-state index contributed by atoms with van der Waals surface area (Å²) < 4.78 is 6.37. The van der Waals surface area contributed by atoms with Gasteiger partial charge in [0.15, 0.2) is 0 Å². The summed E-state index contributed by atoms with van der Waals surface area (Å²) in [5, 5.41) is 21.6. The molecule has 5 rings (SSSR count). The Labute approximate surface area is 244 Å². The van der Waals surface area contributed by atoms with Crippen molar-refractivity contribution in [3.8, 4) is 5.75 Å². The van der Waals surface area contributed by atoms with E-state index >= 15 is 0 Å². The van der Waals surface area contributed by atoms with Crippen LogP contribution in [0.15, 0.2) is 59.2 Å². The predicted octanol–water partition coefficient (Wildman–Crippen LogP) is 7.09. The first kappa shape index (κ1) is 29.0. The molecule has 2 heterocycles. The SMILES string of the molecule is CCC/C(=C\c1ccc(O)cc1Cl)CC[C@H]1OC[C@H]2C1=C(C(C)C)C[C@H]1C(=O)N(c3cccc([N+](=O)[O-])c3)C(=O)[C@H]12. The molecule has 0 bridgehead atoms. The van der Waals surface area contributed by atoms with E-state index in [1.807, 2.05) is 6.07 Å². The van der Waals surface area contributed by atoms with Crippen molar-refractivity contribution in [3.63, 3.8) is 0 Å². The summed E-state index contributed by atoms with van der Waals surface area (Å²) in [6.07, 6.45) is 5.84. The molecular formula is C32H35ClN2O6. The fourth-order valence-electron chi connectivity index (χ4n) is 6.72. The third-order valence-corrected chi connectivity index (χ3v) is 8.91. The molecule has 2 aromatic rings. The minimum absolute atomic E-state index is 0.127. The molecule has 2 aliphatic heterocycles. The van der Waals surface area contributed by atoms with Crippen LogP contribution in [-0.2, 0) is 14.3 Å². The second kappa shape index (κ2) is 11.8. The number of aromatic hydroxyl groups is 1. The summed E-state index contributed by atoms with van der Waals surface area (Å²) in [6, 6.07) is 10.7. The number of hydrogen-bond donors (Lipinski definition) is 1. The zero-order chi connectivity index (χ0) is 29.4. The Bertz CT molecular complexity index is 1450. The number of nitro groups is 1. The number of hydrogen-bond acceptors (Lipinski definition) is 6. The van der Waals surface area contributed by atoms with Gasteiger partial charge in [-0.05, 0) is 67.0 Å². The van der Waals surface area contributed by atoms with Gasteiger partial charge in [0.2, 0.25) is 11.8 Å². The third kappa shape index (κ3) is 5.55. The van der Waals surface area contributed by atoms with Gasteiger partial charge in [-0.1, -0.05) is 62.1 Å². The maximum atomic E-state index is 13.8. The summed E-state index contributed by atoms with van der Waals surface area (Å²) in [7, 11) is 0. The number of amides is 2. The van der Waals surface area contributed by atoms with E-state index in [-0.39, 0.29) is 46.9 Å². The zero-order valence-electron chi connectivity index (χ0n) is 23.5. The number of allylic oxidation sites excluding steroid dienone is 2. The Hall–Kier alpha value is -3.49. The van der Waals surface area contributed by atoms with E-state index in [9.17, 15) is 24.8 Å². The highest BCUT2D eigenvalue weighted by molar-refractivity contribution is 6.32. The lowest BCUT2D eigenvalue weighted by atomic mass is 9.67. The molecule has 1 aliphatic carbocycles. The normalized spacial score (nSPS) is 24.3. The van der Waals surface area contributed by atoms with E-state index in [0.717, 1.165) is 41.7 Å². The van der Waals surface area contributed by atoms with E-state index in [1.165, 1.54) is 35.4 Å². The van der Waals surface area contributed by atoms with Crippen LogP contribution in [0.25, 0.3) is 6.08 Å². The third-order valence-electron chi connectivity index (χ3n) is 8.58. The molecule has 3 aliphatic rings. The van der Waals surface area contributed by atoms with Crippen LogP contribution < -0.4 is 4.90 Å².